The number of nitrogens with two attached hydrogens (primary N) is 1. The summed E-state index contributed by atoms with van der Waals surface area (Å²) in [5.74, 6) is -0.376. The van der Waals surface area contributed by atoms with Crippen LogP contribution in [0.15, 0.2) is 22.0 Å². The minimum absolute atomic E-state index is 0.207. The molecule has 0 spiro atoms. The van der Waals surface area contributed by atoms with Gasteiger partial charge in [0.1, 0.15) is 10.7 Å². The van der Waals surface area contributed by atoms with Crippen molar-refractivity contribution in [3.8, 4) is 0 Å². The molecule has 0 fully saturated rings. The van der Waals surface area contributed by atoms with Gasteiger partial charge in [-0.25, -0.2) is 4.98 Å². The van der Waals surface area contributed by atoms with Crippen LogP contribution in [0, 0.1) is 0 Å². The van der Waals surface area contributed by atoms with Gasteiger partial charge in [0.05, 0.1) is 21.8 Å². The Morgan fingerprint density at radius 2 is 2.05 bits per heavy atom. The number of halogens is 3. The van der Waals surface area contributed by atoms with Crippen molar-refractivity contribution in [1.82, 2.24) is 4.98 Å². The maximum absolute atomic E-state index is 12.1. The van der Waals surface area contributed by atoms with Crippen molar-refractivity contribution in [2.75, 3.05) is 5.32 Å². The van der Waals surface area contributed by atoms with Crippen molar-refractivity contribution < 1.29 is 4.79 Å². The highest BCUT2D eigenvalue weighted by Gasteiger charge is 2.16. The van der Waals surface area contributed by atoms with E-state index in [1.807, 2.05) is 6.92 Å². The Morgan fingerprint density at radius 3 is 2.55 bits per heavy atom. The molecule has 20 heavy (non-hydrogen) atoms. The van der Waals surface area contributed by atoms with E-state index in [0.717, 1.165) is 4.47 Å². The van der Waals surface area contributed by atoms with E-state index in [2.05, 4.69) is 26.2 Å². The van der Waals surface area contributed by atoms with Gasteiger partial charge in [0.25, 0.3) is 5.91 Å². The summed E-state index contributed by atoms with van der Waals surface area (Å²) in [6, 6.07) is 3.09. The molecule has 0 aliphatic rings. The van der Waals surface area contributed by atoms with Crippen molar-refractivity contribution in [2.45, 2.75) is 13.0 Å². The van der Waals surface area contributed by atoms with Gasteiger partial charge in [-0.15, -0.1) is 11.3 Å². The molecule has 1 amide bonds. The lowest BCUT2D eigenvalue weighted by Gasteiger charge is -2.08. The van der Waals surface area contributed by atoms with E-state index >= 15 is 0 Å². The van der Waals surface area contributed by atoms with E-state index in [0.29, 0.717) is 20.7 Å². The molecule has 1 unspecified atom stereocenters. The minimum atomic E-state index is -0.376. The highest BCUT2D eigenvalue weighted by atomic mass is 79.9. The fourth-order valence-electron chi connectivity index (χ4n) is 1.44. The zero-order chi connectivity index (χ0) is 14.9. The molecule has 0 bridgehead atoms. The molecular formula is C12H10BrCl2N3OS. The Balaban J connectivity index is 2.23. The Hall–Kier alpha value is -0.660. The minimum Gasteiger partial charge on any atom is -0.322 e. The SMILES string of the molecule is CC(N)c1nc(C(=O)Nc2c(Cl)cc(Br)cc2Cl)cs1. The number of carbonyl (C=O) groups is 1. The second-order valence-electron chi connectivity index (χ2n) is 4.06. The number of thiazole rings is 1. The number of anilines is 1. The first-order chi connectivity index (χ1) is 9.38. The zero-order valence-electron chi connectivity index (χ0n) is 10.3. The summed E-state index contributed by atoms with van der Waals surface area (Å²) >= 11 is 16.7. The van der Waals surface area contributed by atoms with Crippen LogP contribution in [0.25, 0.3) is 0 Å². The van der Waals surface area contributed by atoms with E-state index in [1.165, 1.54) is 11.3 Å². The summed E-state index contributed by atoms with van der Waals surface area (Å²) in [5, 5.41) is 5.69. The van der Waals surface area contributed by atoms with E-state index in [9.17, 15) is 4.79 Å². The Labute approximate surface area is 138 Å². The summed E-state index contributed by atoms with van der Waals surface area (Å²) in [4.78, 5) is 16.3. The number of rotatable bonds is 3. The van der Waals surface area contributed by atoms with Gasteiger partial charge in [0.15, 0.2) is 0 Å². The van der Waals surface area contributed by atoms with Crippen molar-refractivity contribution in [2.24, 2.45) is 5.73 Å². The average Bonchev–Trinajstić information content (AvgIpc) is 2.83. The molecule has 0 saturated carbocycles. The summed E-state index contributed by atoms with van der Waals surface area (Å²) in [7, 11) is 0. The van der Waals surface area contributed by atoms with E-state index in [-0.39, 0.29) is 17.6 Å². The number of carbonyl (C=O) groups excluding carboxylic acids is 1. The maximum Gasteiger partial charge on any atom is 0.275 e. The third kappa shape index (κ3) is 3.51. The summed E-state index contributed by atoms with van der Waals surface area (Å²) in [6.45, 7) is 1.81. The molecule has 0 aliphatic carbocycles. The standard InChI is InChI=1S/C12H10BrCl2N3OS/c1-5(16)12-17-9(4-20-12)11(19)18-10-7(14)2-6(13)3-8(10)15/h2-5H,16H2,1H3,(H,18,19). The number of nitrogens with zero attached hydrogens (tertiary/aromatic N) is 1. The first kappa shape index (κ1) is 15.7. The number of nitrogens with one attached hydrogen (secondary N) is 1. The fraction of sp³-hybridized carbons (Fsp3) is 0.167. The van der Waals surface area contributed by atoms with Crippen LogP contribution in [0.2, 0.25) is 10.0 Å². The topological polar surface area (TPSA) is 68.0 Å². The summed E-state index contributed by atoms with van der Waals surface area (Å²) < 4.78 is 0.735. The molecule has 0 aliphatic heterocycles. The Morgan fingerprint density at radius 1 is 1.45 bits per heavy atom. The van der Waals surface area contributed by atoms with Crippen molar-refractivity contribution >= 4 is 62.1 Å². The first-order valence-electron chi connectivity index (χ1n) is 5.55. The molecule has 2 aromatic rings. The molecule has 1 atom stereocenters. The molecule has 4 nitrogen and oxygen atoms in total. The summed E-state index contributed by atoms with van der Waals surface area (Å²) in [6.07, 6.45) is 0. The first-order valence-corrected chi connectivity index (χ1v) is 7.98. The average molecular weight is 395 g/mol. The molecule has 8 heteroatoms. The predicted octanol–water partition coefficient (Wildman–Crippen LogP) is 4.48. The molecule has 106 valence electrons. The molecule has 1 heterocycles. The van der Waals surface area contributed by atoms with E-state index in [4.69, 9.17) is 28.9 Å². The van der Waals surface area contributed by atoms with Crippen LogP contribution >= 0.6 is 50.5 Å². The van der Waals surface area contributed by atoms with Crippen LogP contribution in [-0.4, -0.2) is 10.9 Å². The monoisotopic (exact) mass is 393 g/mol. The number of hydrogen-bond donors (Lipinski definition) is 2. The molecular weight excluding hydrogens is 385 g/mol. The smallest absolute Gasteiger partial charge is 0.275 e. The van der Waals surface area contributed by atoms with Gasteiger partial charge in [-0.3, -0.25) is 4.79 Å². The number of benzene rings is 1. The number of amides is 1. The lowest BCUT2D eigenvalue weighted by molar-refractivity contribution is 0.102. The Kier molecular flexibility index (Phi) is 5.04. The third-order valence-corrected chi connectivity index (χ3v) is 4.49. The fourth-order valence-corrected chi connectivity index (χ4v) is 3.50. The number of aromatic nitrogens is 1. The van der Waals surface area contributed by atoms with E-state index in [1.54, 1.807) is 17.5 Å². The molecule has 0 saturated heterocycles. The lowest BCUT2D eigenvalue weighted by atomic mass is 10.3. The van der Waals surface area contributed by atoms with Gasteiger partial charge < -0.3 is 11.1 Å². The van der Waals surface area contributed by atoms with Crippen molar-refractivity contribution in [3.63, 3.8) is 0 Å². The van der Waals surface area contributed by atoms with Crippen LogP contribution in [0.3, 0.4) is 0 Å². The quantitative estimate of drug-likeness (QED) is 0.805. The lowest BCUT2D eigenvalue weighted by Crippen LogP contribution is -2.14. The van der Waals surface area contributed by atoms with Gasteiger partial charge in [-0.1, -0.05) is 39.1 Å². The third-order valence-electron chi connectivity index (χ3n) is 2.39. The van der Waals surface area contributed by atoms with Crippen LogP contribution in [-0.2, 0) is 0 Å². The zero-order valence-corrected chi connectivity index (χ0v) is 14.2. The van der Waals surface area contributed by atoms with Crippen molar-refractivity contribution in [3.05, 3.63) is 42.7 Å². The van der Waals surface area contributed by atoms with Crippen molar-refractivity contribution in [1.29, 1.82) is 0 Å². The van der Waals surface area contributed by atoms with Crippen LogP contribution in [0.5, 0.6) is 0 Å². The predicted molar refractivity (Wildman–Crippen MR) is 86.8 cm³/mol. The molecule has 3 N–H and O–H groups in total. The normalized spacial score (nSPS) is 12.2. The van der Waals surface area contributed by atoms with E-state index < -0.39 is 0 Å². The molecule has 1 aromatic heterocycles. The Bertz CT molecular complexity index is 637. The largest absolute Gasteiger partial charge is 0.322 e. The van der Waals surface area contributed by atoms with Gasteiger partial charge >= 0.3 is 0 Å². The van der Waals surface area contributed by atoms with Crippen LogP contribution in [0.1, 0.15) is 28.5 Å². The second kappa shape index (κ2) is 6.41. The molecule has 0 radical (unpaired) electrons. The molecule has 2 rings (SSSR count). The maximum atomic E-state index is 12.1. The summed E-state index contributed by atoms with van der Waals surface area (Å²) in [5.41, 5.74) is 6.36. The van der Waals surface area contributed by atoms with Gasteiger partial charge in [0, 0.05) is 9.85 Å². The van der Waals surface area contributed by atoms with Crippen LogP contribution < -0.4 is 11.1 Å². The second-order valence-corrected chi connectivity index (χ2v) is 6.68. The highest BCUT2D eigenvalue weighted by Crippen LogP contribution is 2.34. The highest BCUT2D eigenvalue weighted by molar-refractivity contribution is 9.10. The van der Waals surface area contributed by atoms with Crippen LogP contribution in [0.4, 0.5) is 5.69 Å². The van der Waals surface area contributed by atoms with Gasteiger partial charge in [0.2, 0.25) is 0 Å². The number of hydrogen-bond acceptors (Lipinski definition) is 4. The molecule has 1 aromatic carbocycles. The van der Waals surface area contributed by atoms with Gasteiger partial charge in [-0.05, 0) is 19.1 Å². The van der Waals surface area contributed by atoms with Gasteiger partial charge in [-0.2, -0.15) is 0 Å².